The molecule has 0 bridgehead atoms. The predicted octanol–water partition coefficient (Wildman–Crippen LogP) is 2.44. The van der Waals surface area contributed by atoms with E-state index in [9.17, 15) is 14.9 Å². The van der Waals surface area contributed by atoms with Gasteiger partial charge in [0, 0.05) is 18.3 Å². The molecule has 1 aromatic carbocycles. The minimum absolute atomic E-state index is 0.0466. The van der Waals surface area contributed by atoms with Crippen LogP contribution in [0, 0.1) is 17.0 Å². The van der Waals surface area contributed by atoms with Crippen LogP contribution in [0.3, 0.4) is 0 Å². The van der Waals surface area contributed by atoms with E-state index >= 15 is 0 Å². The van der Waals surface area contributed by atoms with Gasteiger partial charge in [0.05, 0.1) is 27.4 Å². The third-order valence-electron chi connectivity index (χ3n) is 2.43. The zero-order valence-electron chi connectivity index (χ0n) is 9.70. The zero-order valence-corrected chi connectivity index (χ0v) is 10.5. The average molecular weight is 282 g/mol. The number of hydrogen-bond acceptors (Lipinski definition) is 4. The number of carboxylic acid groups (broad SMARTS) is 1. The Balaban J connectivity index is 2.72. The largest absolute Gasteiger partial charge is 0.478 e. The lowest BCUT2D eigenvalue weighted by atomic mass is 10.1. The van der Waals surface area contributed by atoms with Crippen LogP contribution in [0.15, 0.2) is 24.5 Å². The number of nitro groups is 1. The van der Waals surface area contributed by atoms with Gasteiger partial charge in [-0.2, -0.15) is 5.10 Å². The molecule has 0 radical (unpaired) electrons. The number of halogens is 1. The van der Waals surface area contributed by atoms with Crippen molar-refractivity contribution in [2.24, 2.45) is 0 Å². The van der Waals surface area contributed by atoms with Crippen LogP contribution in [-0.2, 0) is 0 Å². The molecule has 0 amide bonds. The molecule has 8 heteroatoms. The first kappa shape index (κ1) is 13.0. The molecule has 0 unspecified atom stereocenters. The SMILES string of the molecule is Cc1cnn(-c2c(Cl)cc([N+](=O)[O-])cc2C(=O)O)c1. The van der Waals surface area contributed by atoms with Crippen LogP contribution in [-0.4, -0.2) is 25.8 Å². The standard InChI is InChI=1S/C11H8ClN3O4/c1-6-4-13-14(5-6)10-8(11(16)17)2-7(15(18)19)3-9(10)12/h2-5H,1H3,(H,16,17). The van der Waals surface area contributed by atoms with E-state index in [0.29, 0.717) is 0 Å². The molecule has 0 atom stereocenters. The fourth-order valence-corrected chi connectivity index (χ4v) is 1.92. The van der Waals surface area contributed by atoms with Gasteiger partial charge in [-0.25, -0.2) is 9.48 Å². The van der Waals surface area contributed by atoms with Crippen LogP contribution in [0.1, 0.15) is 15.9 Å². The Bertz CT molecular complexity index is 681. The number of nitrogens with zero attached hydrogens (tertiary/aromatic N) is 3. The zero-order chi connectivity index (χ0) is 14.2. The maximum absolute atomic E-state index is 11.2. The molecule has 19 heavy (non-hydrogen) atoms. The molecule has 1 N–H and O–H groups in total. The van der Waals surface area contributed by atoms with E-state index in [-0.39, 0.29) is 22.0 Å². The summed E-state index contributed by atoms with van der Waals surface area (Å²) >= 11 is 5.94. The highest BCUT2D eigenvalue weighted by molar-refractivity contribution is 6.33. The number of non-ortho nitro benzene ring substituents is 1. The smallest absolute Gasteiger partial charge is 0.338 e. The summed E-state index contributed by atoms with van der Waals surface area (Å²) in [5.41, 5.74) is 0.260. The number of carboxylic acids is 1. The highest BCUT2D eigenvalue weighted by atomic mass is 35.5. The van der Waals surface area contributed by atoms with Crippen molar-refractivity contribution in [3.8, 4) is 5.69 Å². The summed E-state index contributed by atoms with van der Waals surface area (Å²) in [6, 6.07) is 2.06. The molecule has 2 rings (SSSR count). The van der Waals surface area contributed by atoms with Gasteiger partial charge in [0.2, 0.25) is 0 Å². The molecule has 1 heterocycles. The van der Waals surface area contributed by atoms with Crippen molar-refractivity contribution < 1.29 is 14.8 Å². The molecule has 0 aliphatic heterocycles. The maximum Gasteiger partial charge on any atom is 0.338 e. The number of aromatic nitrogens is 2. The third kappa shape index (κ3) is 2.41. The molecule has 7 nitrogen and oxygen atoms in total. The molecule has 98 valence electrons. The van der Waals surface area contributed by atoms with E-state index in [4.69, 9.17) is 16.7 Å². The number of hydrogen-bond donors (Lipinski definition) is 1. The average Bonchev–Trinajstić information content (AvgIpc) is 2.74. The van der Waals surface area contributed by atoms with Gasteiger partial charge < -0.3 is 5.11 Å². The normalized spacial score (nSPS) is 10.4. The topological polar surface area (TPSA) is 98.3 Å². The van der Waals surface area contributed by atoms with Crippen LogP contribution >= 0.6 is 11.6 Å². The second-order valence-electron chi connectivity index (χ2n) is 3.85. The summed E-state index contributed by atoms with van der Waals surface area (Å²) in [7, 11) is 0. The number of benzene rings is 1. The number of carbonyl (C=O) groups is 1. The first-order valence-electron chi connectivity index (χ1n) is 5.13. The minimum atomic E-state index is -1.31. The first-order chi connectivity index (χ1) is 8.90. The Labute approximate surface area is 112 Å². The summed E-state index contributed by atoms with van der Waals surface area (Å²) in [5.74, 6) is -1.31. The van der Waals surface area contributed by atoms with Gasteiger partial charge in [-0.15, -0.1) is 0 Å². The predicted molar refractivity (Wildman–Crippen MR) is 66.9 cm³/mol. The second kappa shape index (κ2) is 4.69. The summed E-state index contributed by atoms with van der Waals surface area (Å²) < 4.78 is 1.28. The quantitative estimate of drug-likeness (QED) is 0.688. The molecular weight excluding hydrogens is 274 g/mol. The van der Waals surface area contributed by atoms with Gasteiger partial charge >= 0.3 is 5.97 Å². The highest BCUT2D eigenvalue weighted by Gasteiger charge is 2.21. The Morgan fingerprint density at radius 2 is 2.21 bits per heavy atom. The molecule has 0 spiro atoms. The highest BCUT2D eigenvalue weighted by Crippen LogP contribution is 2.29. The van der Waals surface area contributed by atoms with E-state index in [1.54, 1.807) is 13.1 Å². The fourth-order valence-electron chi connectivity index (χ4n) is 1.62. The first-order valence-corrected chi connectivity index (χ1v) is 5.51. The summed E-state index contributed by atoms with van der Waals surface area (Å²) in [4.78, 5) is 21.2. The maximum atomic E-state index is 11.2. The van der Waals surface area contributed by atoms with E-state index in [1.165, 1.54) is 10.9 Å². The monoisotopic (exact) mass is 281 g/mol. The van der Waals surface area contributed by atoms with Crippen LogP contribution < -0.4 is 0 Å². The molecule has 0 aliphatic rings. The van der Waals surface area contributed by atoms with Gasteiger partial charge in [-0.05, 0) is 12.5 Å². The Hall–Kier alpha value is -2.41. The van der Waals surface area contributed by atoms with Gasteiger partial charge in [0.25, 0.3) is 5.69 Å². The number of aromatic carboxylic acids is 1. The van der Waals surface area contributed by atoms with E-state index in [1.807, 2.05) is 0 Å². The summed E-state index contributed by atoms with van der Waals surface area (Å²) in [6.07, 6.45) is 3.11. The number of nitro benzene ring substituents is 1. The lowest BCUT2D eigenvalue weighted by Gasteiger charge is -2.08. The van der Waals surface area contributed by atoms with E-state index in [2.05, 4.69) is 5.10 Å². The molecule has 0 fully saturated rings. The van der Waals surface area contributed by atoms with E-state index < -0.39 is 10.9 Å². The number of aryl methyl sites for hydroxylation is 1. The molecular formula is C11H8ClN3O4. The molecule has 0 aliphatic carbocycles. The molecule has 0 saturated heterocycles. The Morgan fingerprint density at radius 3 is 2.68 bits per heavy atom. The van der Waals surface area contributed by atoms with Crippen molar-refractivity contribution >= 4 is 23.3 Å². The van der Waals surface area contributed by atoms with Crippen molar-refractivity contribution in [2.45, 2.75) is 6.92 Å². The van der Waals surface area contributed by atoms with Crippen LogP contribution in [0.5, 0.6) is 0 Å². The number of rotatable bonds is 3. The van der Waals surface area contributed by atoms with Gasteiger partial charge in [-0.1, -0.05) is 11.6 Å². The summed E-state index contributed by atoms with van der Waals surface area (Å²) in [5, 5.41) is 23.8. The molecule has 0 saturated carbocycles. The van der Waals surface area contributed by atoms with Crippen molar-refractivity contribution in [1.82, 2.24) is 9.78 Å². The van der Waals surface area contributed by atoms with E-state index in [0.717, 1.165) is 17.7 Å². The fraction of sp³-hybridized carbons (Fsp3) is 0.0909. The van der Waals surface area contributed by atoms with Crippen LogP contribution in [0.2, 0.25) is 5.02 Å². The van der Waals surface area contributed by atoms with Crippen molar-refractivity contribution in [2.75, 3.05) is 0 Å². The summed E-state index contributed by atoms with van der Waals surface area (Å²) in [6.45, 7) is 1.78. The lowest BCUT2D eigenvalue weighted by Crippen LogP contribution is -2.08. The minimum Gasteiger partial charge on any atom is -0.478 e. The van der Waals surface area contributed by atoms with Gasteiger partial charge in [0.15, 0.2) is 0 Å². The van der Waals surface area contributed by atoms with Crippen LogP contribution in [0.4, 0.5) is 5.69 Å². The van der Waals surface area contributed by atoms with Crippen LogP contribution in [0.25, 0.3) is 5.69 Å². The van der Waals surface area contributed by atoms with Gasteiger partial charge in [-0.3, -0.25) is 10.1 Å². The van der Waals surface area contributed by atoms with Gasteiger partial charge in [0.1, 0.15) is 0 Å². The Kier molecular flexibility index (Phi) is 3.22. The van der Waals surface area contributed by atoms with Crippen molar-refractivity contribution in [3.63, 3.8) is 0 Å². The second-order valence-corrected chi connectivity index (χ2v) is 4.26. The van der Waals surface area contributed by atoms with Crippen molar-refractivity contribution in [3.05, 3.63) is 50.8 Å². The molecule has 1 aromatic heterocycles. The Morgan fingerprint density at radius 1 is 1.53 bits per heavy atom. The molecule has 2 aromatic rings. The lowest BCUT2D eigenvalue weighted by molar-refractivity contribution is -0.384. The third-order valence-corrected chi connectivity index (χ3v) is 2.72. The van der Waals surface area contributed by atoms with Crippen molar-refractivity contribution in [1.29, 1.82) is 0 Å².